The van der Waals surface area contributed by atoms with Gasteiger partial charge in [0.1, 0.15) is 0 Å². The Morgan fingerprint density at radius 3 is 3.22 bits per heavy atom. The first-order chi connectivity index (χ1) is 8.76. The molecule has 0 fully saturated rings. The molecule has 3 rings (SSSR count). The fourth-order valence-electron chi connectivity index (χ4n) is 3.35. The van der Waals surface area contributed by atoms with E-state index in [-0.39, 0.29) is 5.41 Å². The smallest absolute Gasteiger partial charge is 0.0397 e. The summed E-state index contributed by atoms with van der Waals surface area (Å²) in [5.41, 5.74) is 2.94. The molecule has 2 unspecified atom stereocenters. The minimum Gasteiger partial charge on any atom is -0.381 e. The number of rotatable bonds is 3. The second-order valence-corrected chi connectivity index (χ2v) is 6.18. The highest BCUT2D eigenvalue weighted by Crippen LogP contribution is 2.48. The average molecular weight is 307 g/mol. The van der Waals surface area contributed by atoms with Gasteiger partial charge in [0.25, 0.3) is 0 Å². The van der Waals surface area contributed by atoms with Crippen molar-refractivity contribution in [2.24, 2.45) is 0 Å². The van der Waals surface area contributed by atoms with Crippen LogP contribution in [0, 0.1) is 0 Å². The largest absolute Gasteiger partial charge is 0.381 e. The van der Waals surface area contributed by atoms with Crippen LogP contribution in [0.5, 0.6) is 0 Å². The molecule has 1 aliphatic heterocycles. The SMILES string of the molecule is CNCCC12C=CCCC1Nc1ccc(Br)cc12. The number of allylic oxidation sites excluding steroid dienone is 1. The van der Waals surface area contributed by atoms with Crippen molar-refractivity contribution in [2.75, 3.05) is 18.9 Å². The summed E-state index contributed by atoms with van der Waals surface area (Å²) in [7, 11) is 2.03. The summed E-state index contributed by atoms with van der Waals surface area (Å²) in [6.07, 6.45) is 8.36. The lowest BCUT2D eigenvalue weighted by molar-refractivity contribution is 0.399. The van der Waals surface area contributed by atoms with Crippen molar-refractivity contribution >= 4 is 21.6 Å². The summed E-state index contributed by atoms with van der Waals surface area (Å²) in [4.78, 5) is 0. The Labute approximate surface area is 117 Å². The van der Waals surface area contributed by atoms with E-state index in [1.807, 2.05) is 7.05 Å². The Hall–Kier alpha value is -0.800. The minimum atomic E-state index is 0.181. The van der Waals surface area contributed by atoms with Gasteiger partial charge in [0.05, 0.1) is 0 Å². The van der Waals surface area contributed by atoms with Crippen molar-refractivity contribution in [3.8, 4) is 0 Å². The lowest BCUT2D eigenvalue weighted by atomic mass is 9.70. The summed E-state index contributed by atoms with van der Waals surface area (Å²) in [5.74, 6) is 0. The highest BCUT2D eigenvalue weighted by molar-refractivity contribution is 9.10. The molecule has 1 aliphatic carbocycles. The molecule has 0 saturated heterocycles. The summed E-state index contributed by atoms with van der Waals surface area (Å²) >= 11 is 3.61. The van der Waals surface area contributed by atoms with Crippen LogP contribution in [0.2, 0.25) is 0 Å². The van der Waals surface area contributed by atoms with Crippen LogP contribution in [0.1, 0.15) is 24.8 Å². The molecule has 1 aromatic rings. The third-order valence-corrected chi connectivity index (χ3v) is 4.75. The zero-order chi connectivity index (χ0) is 12.6. The first-order valence-electron chi connectivity index (χ1n) is 6.65. The van der Waals surface area contributed by atoms with E-state index in [0.29, 0.717) is 6.04 Å². The molecule has 0 amide bonds. The molecule has 0 radical (unpaired) electrons. The van der Waals surface area contributed by atoms with Crippen LogP contribution in [0.15, 0.2) is 34.8 Å². The van der Waals surface area contributed by atoms with Gasteiger partial charge in [0.2, 0.25) is 0 Å². The van der Waals surface area contributed by atoms with Crippen LogP contribution < -0.4 is 10.6 Å². The van der Waals surface area contributed by atoms with Gasteiger partial charge in [-0.05, 0) is 56.6 Å². The van der Waals surface area contributed by atoms with Gasteiger partial charge >= 0.3 is 0 Å². The van der Waals surface area contributed by atoms with E-state index in [1.54, 1.807) is 0 Å². The van der Waals surface area contributed by atoms with Crippen LogP contribution in [0.4, 0.5) is 5.69 Å². The van der Waals surface area contributed by atoms with Crippen molar-refractivity contribution in [3.05, 3.63) is 40.4 Å². The Kier molecular flexibility index (Phi) is 3.20. The Bertz CT molecular complexity index is 483. The number of hydrogen-bond acceptors (Lipinski definition) is 2. The highest BCUT2D eigenvalue weighted by atomic mass is 79.9. The molecule has 0 aromatic heterocycles. The predicted molar refractivity (Wildman–Crippen MR) is 80.1 cm³/mol. The van der Waals surface area contributed by atoms with Gasteiger partial charge in [-0.1, -0.05) is 28.1 Å². The number of anilines is 1. The first-order valence-corrected chi connectivity index (χ1v) is 7.44. The molecule has 1 aromatic carbocycles. The maximum absolute atomic E-state index is 3.71. The van der Waals surface area contributed by atoms with Crippen LogP contribution in [-0.2, 0) is 5.41 Å². The normalized spacial score (nSPS) is 28.7. The molecule has 2 nitrogen and oxygen atoms in total. The van der Waals surface area contributed by atoms with E-state index < -0.39 is 0 Å². The Balaban J connectivity index is 2.07. The zero-order valence-electron chi connectivity index (χ0n) is 10.7. The molecular weight excluding hydrogens is 288 g/mol. The summed E-state index contributed by atoms with van der Waals surface area (Å²) in [6.45, 7) is 1.05. The molecular formula is C15H19BrN2. The first kappa shape index (κ1) is 12.2. The number of halogens is 1. The van der Waals surface area contributed by atoms with Gasteiger partial charge in [-0.3, -0.25) is 0 Å². The zero-order valence-corrected chi connectivity index (χ0v) is 12.3. The second kappa shape index (κ2) is 4.71. The van der Waals surface area contributed by atoms with E-state index in [0.717, 1.165) is 13.0 Å². The Morgan fingerprint density at radius 2 is 2.39 bits per heavy atom. The van der Waals surface area contributed by atoms with E-state index in [2.05, 4.69) is 56.9 Å². The minimum absolute atomic E-state index is 0.181. The van der Waals surface area contributed by atoms with Crippen LogP contribution >= 0.6 is 15.9 Å². The van der Waals surface area contributed by atoms with Crippen molar-refractivity contribution in [3.63, 3.8) is 0 Å². The van der Waals surface area contributed by atoms with Gasteiger partial charge in [0.15, 0.2) is 0 Å². The summed E-state index contributed by atoms with van der Waals surface area (Å²) in [5, 5.41) is 7.01. The molecule has 18 heavy (non-hydrogen) atoms. The third-order valence-electron chi connectivity index (χ3n) is 4.26. The molecule has 0 bridgehead atoms. The molecule has 0 spiro atoms. The summed E-state index contributed by atoms with van der Waals surface area (Å²) in [6, 6.07) is 7.17. The molecule has 1 heterocycles. The van der Waals surface area contributed by atoms with E-state index in [1.165, 1.54) is 28.6 Å². The standard InChI is InChI=1S/C15H19BrN2/c1-17-9-8-15-7-3-2-4-14(15)18-13-6-5-11(16)10-12(13)15/h3,5-7,10,14,17-18H,2,4,8-9H2,1H3. The fraction of sp³-hybridized carbons (Fsp3) is 0.467. The number of fused-ring (bicyclic) bond motifs is 3. The van der Waals surface area contributed by atoms with Crippen molar-refractivity contribution in [2.45, 2.75) is 30.7 Å². The van der Waals surface area contributed by atoms with Crippen molar-refractivity contribution in [1.29, 1.82) is 0 Å². The molecule has 96 valence electrons. The van der Waals surface area contributed by atoms with Crippen LogP contribution in [0.3, 0.4) is 0 Å². The number of nitrogens with one attached hydrogen (secondary N) is 2. The van der Waals surface area contributed by atoms with Gasteiger partial charge < -0.3 is 10.6 Å². The predicted octanol–water partition coefficient (Wildman–Crippen LogP) is 3.44. The van der Waals surface area contributed by atoms with Crippen LogP contribution in [-0.4, -0.2) is 19.6 Å². The van der Waals surface area contributed by atoms with Crippen LogP contribution in [0.25, 0.3) is 0 Å². The topological polar surface area (TPSA) is 24.1 Å². The van der Waals surface area contributed by atoms with E-state index >= 15 is 0 Å². The quantitative estimate of drug-likeness (QED) is 0.836. The maximum atomic E-state index is 3.71. The third kappa shape index (κ3) is 1.81. The second-order valence-electron chi connectivity index (χ2n) is 5.26. The number of benzene rings is 1. The van der Waals surface area contributed by atoms with Crippen molar-refractivity contribution in [1.82, 2.24) is 5.32 Å². The Morgan fingerprint density at radius 1 is 1.50 bits per heavy atom. The van der Waals surface area contributed by atoms with E-state index in [9.17, 15) is 0 Å². The molecule has 2 N–H and O–H groups in total. The van der Waals surface area contributed by atoms with E-state index in [4.69, 9.17) is 0 Å². The maximum Gasteiger partial charge on any atom is 0.0397 e. The fourth-order valence-corrected chi connectivity index (χ4v) is 3.71. The number of hydrogen-bond donors (Lipinski definition) is 2. The van der Waals surface area contributed by atoms with Crippen molar-refractivity contribution < 1.29 is 0 Å². The lowest BCUT2D eigenvalue weighted by Gasteiger charge is -2.36. The molecule has 2 aliphatic rings. The molecule has 3 heteroatoms. The van der Waals surface area contributed by atoms with Gasteiger partial charge in [0, 0.05) is 21.6 Å². The van der Waals surface area contributed by atoms with Gasteiger partial charge in [-0.2, -0.15) is 0 Å². The summed E-state index contributed by atoms with van der Waals surface area (Å²) < 4.78 is 1.17. The monoisotopic (exact) mass is 306 g/mol. The lowest BCUT2D eigenvalue weighted by Crippen LogP contribution is -2.41. The highest BCUT2D eigenvalue weighted by Gasteiger charge is 2.45. The average Bonchev–Trinajstić information content (AvgIpc) is 2.71. The van der Waals surface area contributed by atoms with Gasteiger partial charge in [-0.15, -0.1) is 0 Å². The molecule has 0 saturated carbocycles. The van der Waals surface area contributed by atoms with Gasteiger partial charge in [-0.25, -0.2) is 0 Å². The molecule has 2 atom stereocenters.